The molecule has 108 valence electrons. The Kier molecular flexibility index (Phi) is 3.20. The summed E-state index contributed by atoms with van der Waals surface area (Å²) in [6.45, 7) is 1.32. The predicted molar refractivity (Wildman–Crippen MR) is 79.4 cm³/mol. The van der Waals surface area contributed by atoms with Crippen LogP contribution < -0.4 is 5.32 Å². The molecule has 6 heteroatoms. The third-order valence-corrected chi connectivity index (χ3v) is 4.99. The van der Waals surface area contributed by atoms with Gasteiger partial charge in [0.2, 0.25) is 5.91 Å². The molecule has 0 bridgehead atoms. The van der Waals surface area contributed by atoms with Gasteiger partial charge in [-0.25, -0.2) is 4.98 Å². The highest BCUT2D eigenvalue weighted by atomic mass is 32.1. The van der Waals surface area contributed by atoms with Crippen molar-refractivity contribution in [2.75, 3.05) is 11.9 Å². The highest BCUT2D eigenvalue weighted by Crippen LogP contribution is 2.33. The van der Waals surface area contributed by atoms with Crippen molar-refractivity contribution in [3.05, 3.63) is 40.2 Å². The first-order valence-corrected chi connectivity index (χ1v) is 7.94. The number of hydrogen-bond acceptors (Lipinski definition) is 5. The van der Waals surface area contributed by atoms with Crippen LogP contribution in [0.5, 0.6) is 0 Å². The molecule has 0 aromatic carbocycles. The number of carbonyl (C=O) groups is 1. The van der Waals surface area contributed by atoms with Gasteiger partial charge in [0, 0.05) is 12.6 Å². The molecular weight excluding hydrogens is 286 g/mol. The summed E-state index contributed by atoms with van der Waals surface area (Å²) in [4.78, 5) is 22.5. The first-order valence-electron chi connectivity index (χ1n) is 7.12. The number of pyridine rings is 1. The summed E-state index contributed by atoms with van der Waals surface area (Å²) in [5, 5.41) is 3.64. The van der Waals surface area contributed by atoms with Gasteiger partial charge in [0.25, 0.3) is 0 Å². The molecular formula is C15H15N3O2S. The van der Waals surface area contributed by atoms with Gasteiger partial charge in [-0.3, -0.25) is 9.78 Å². The van der Waals surface area contributed by atoms with E-state index in [2.05, 4.69) is 21.4 Å². The van der Waals surface area contributed by atoms with Crippen molar-refractivity contribution < 1.29 is 9.53 Å². The molecule has 1 N–H and O–H groups in total. The van der Waals surface area contributed by atoms with E-state index in [1.165, 1.54) is 16.9 Å². The van der Waals surface area contributed by atoms with E-state index in [0.29, 0.717) is 18.3 Å². The molecule has 2 aliphatic rings. The van der Waals surface area contributed by atoms with Crippen molar-refractivity contribution in [1.82, 2.24) is 9.97 Å². The van der Waals surface area contributed by atoms with E-state index in [1.54, 1.807) is 6.20 Å². The number of nitrogens with one attached hydrogen (secondary N) is 1. The number of amides is 1. The number of nitrogens with zero attached hydrogens (tertiary/aromatic N) is 2. The lowest BCUT2D eigenvalue weighted by atomic mass is 10.1. The minimum Gasteiger partial charge on any atom is -0.375 e. The minimum atomic E-state index is -0.154. The van der Waals surface area contributed by atoms with Gasteiger partial charge in [-0.1, -0.05) is 17.4 Å². The van der Waals surface area contributed by atoms with Crippen LogP contribution in [-0.2, 0) is 29.0 Å². The molecule has 3 heterocycles. The van der Waals surface area contributed by atoms with Crippen LogP contribution in [0.3, 0.4) is 0 Å². The molecule has 0 radical (unpaired) electrons. The number of ether oxygens (including phenoxy) is 1. The van der Waals surface area contributed by atoms with Gasteiger partial charge in [-0.15, -0.1) is 0 Å². The molecule has 1 aliphatic carbocycles. The number of carbonyl (C=O) groups excluding carboxylic acids is 1. The van der Waals surface area contributed by atoms with Crippen molar-refractivity contribution in [2.24, 2.45) is 0 Å². The highest BCUT2D eigenvalue weighted by Gasteiger charge is 2.30. The molecule has 5 nitrogen and oxygen atoms in total. The Morgan fingerprint density at radius 2 is 2.38 bits per heavy atom. The van der Waals surface area contributed by atoms with Crippen LogP contribution in [0.15, 0.2) is 18.3 Å². The second-order valence-electron chi connectivity index (χ2n) is 5.32. The zero-order chi connectivity index (χ0) is 14.2. The maximum absolute atomic E-state index is 12.5. The van der Waals surface area contributed by atoms with Gasteiger partial charge >= 0.3 is 0 Å². The Morgan fingerprint density at radius 3 is 3.29 bits per heavy atom. The van der Waals surface area contributed by atoms with E-state index in [4.69, 9.17) is 4.74 Å². The SMILES string of the molecule is O=C(Nc1nc2c(s1)COCC2)C1CCc2cccnc21. The Labute approximate surface area is 126 Å². The third-order valence-electron chi connectivity index (χ3n) is 4.00. The average Bonchev–Trinajstić information content (AvgIpc) is 3.10. The van der Waals surface area contributed by atoms with E-state index in [9.17, 15) is 4.79 Å². The van der Waals surface area contributed by atoms with Crippen LogP contribution in [0.2, 0.25) is 0 Å². The average molecular weight is 301 g/mol. The molecule has 0 saturated heterocycles. The molecule has 2 aromatic heterocycles. The molecule has 4 rings (SSSR count). The van der Waals surface area contributed by atoms with E-state index in [1.807, 2.05) is 6.07 Å². The van der Waals surface area contributed by atoms with E-state index < -0.39 is 0 Å². The molecule has 1 unspecified atom stereocenters. The Hall–Kier alpha value is -1.79. The number of aryl methyl sites for hydroxylation is 1. The number of fused-ring (bicyclic) bond motifs is 2. The number of anilines is 1. The Morgan fingerprint density at radius 1 is 1.43 bits per heavy atom. The van der Waals surface area contributed by atoms with E-state index >= 15 is 0 Å². The van der Waals surface area contributed by atoms with Gasteiger partial charge in [0.15, 0.2) is 5.13 Å². The number of hydrogen-bond donors (Lipinski definition) is 1. The quantitative estimate of drug-likeness (QED) is 0.924. The van der Waals surface area contributed by atoms with Crippen LogP contribution in [0.1, 0.15) is 34.2 Å². The number of rotatable bonds is 2. The van der Waals surface area contributed by atoms with Gasteiger partial charge in [0.05, 0.1) is 35.4 Å². The first-order chi connectivity index (χ1) is 10.3. The molecule has 0 fully saturated rings. The summed E-state index contributed by atoms with van der Waals surface area (Å²) in [5.74, 6) is -0.155. The summed E-state index contributed by atoms with van der Waals surface area (Å²) in [7, 11) is 0. The summed E-state index contributed by atoms with van der Waals surface area (Å²) in [6.07, 6.45) is 4.33. The monoisotopic (exact) mass is 301 g/mol. The maximum Gasteiger partial charge on any atom is 0.235 e. The molecule has 21 heavy (non-hydrogen) atoms. The molecule has 0 spiro atoms. The summed E-state index contributed by atoms with van der Waals surface area (Å²) in [5.41, 5.74) is 3.16. The summed E-state index contributed by atoms with van der Waals surface area (Å²) >= 11 is 1.52. The lowest BCUT2D eigenvalue weighted by molar-refractivity contribution is -0.117. The van der Waals surface area contributed by atoms with Gasteiger partial charge in [-0.05, 0) is 24.5 Å². The van der Waals surface area contributed by atoms with Crippen LogP contribution in [-0.4, -0.2) is 22.5 Å². The molecule has 1 aliphatic heterocycles. The zero-order valence-corrected chi connectivity index (χ0v) is 12.3. The number of thiazole rings is 1. The smallest absolute Gasteiger partial charge is 0.235 e. The van der Waals surface area contributed by atoms with Crippen molar-refractivity contribution in [3.8, 4) is 0 Å². The lowest BCUT2D eigenvalue weighted by Gasteiger charge is -2.09. The topological polar surface area (TPSA) is 64.1 Å². The largest absolute Gasteiger partial charge is 0.375 e. The van der Waals surface area contributed by atoms with Crippen molar-refractivity contribution in [2.45, 2.75) is 31.8 Å². The Balaban J connectivity index is 1.53. The first kappa shape index (κ1) is 12.9. The molecule has 0 saturated carbocycles. The summed E-state index contributed by atoms with van der Waals surface area (Å²) in [6, 6.07) is 3.98. The standard InChI is InChI=1S/C15H15N3O2S/c19-14(10-4-3-9-2-1-6-16-13(9)10)18-15-17-11-5-7-20-8-12(11)21-15/h1-2,6,10H,3-5,7-8H2,(H,17,18,19). The van der Waals surface area contributed by atoms with E-state index in [-0.39, 0.29) is 11.8 Å². The van der Waals surface area contributed by atoms with E-state index in [0.717, 1.165) is 35.5 Å². The lowest BCUT2D eigenvalue weighted by Crippen LogP contribution is -2.20. The maximum atomic E-state index is 12.5. The predicted octanol–water partition coefficient (Wildman–Crippen LogP) is 2.28. The molecule has 2 aromatic rings. The van der Waals surface area contributed by atoms with Crippen molar-refractivity contribution in [3.63, 3.8) is 0 Å². The van der Waals surface area contributed by atoms with Crippen LogP contribution in [0.25, 0.3) is 0 Å². The fourth-order valence-electron chi connectivity index (χ4n) is 2.94. The highest BCUT2D eigenvalue weighted by molar-refractivity contribution is 7.15. The van der Waals surface area contributed by atoms with Crippen LogP contribution in [0, 0.1) is 0 Å². The van der Waals surface area contributed by atoms with Gasteiger partial charge in [0.1, 0.15) is 0 Å². The van der Waals surface area contributed by atoms with Crippen LogP contribution in [0.4, 0.5) is 5.13 Å². The molecule has 1 atom stereocenters. The third kappa shape index (κ3) is 2.34. The fraction of sp³-hybridized carbons (Fsp3) is 0.400. The van der Waals surface area contributed by atoms with Gasteiger partial charge < -0.3 is 10.1 Å². The minimum absolute atomic E-state index is 0.000495. The summed E-state index contributed by atoms with van der Waals surface area (Å²) < 4.78 is 5.41. The van der Waals surface area contributed by atoms with Crippen molar-refractivity contribution in [1.29, 1.82) is 0 Å². The number of aromatic nitrogens is 2. The van der Waals surface area contributed by atoms with Crippen LogP contribution >= 0.6 is 11.3 Å². The second-order valence-corrected chi connectivity index (χ2v) is 6.40. The normalized spacial score (nSPS) is 19.9. The van der Waals surface area contributed by atoms with Gasteiger partial charge in [-0.2, -0.15) is 0 Å². The molecule has 1 amide bonds. The second kappa shape index (κ2) is 5.20. The Bertz CT molecular complexity index is 674. The van der Waals surface area contributed by atoms with Crippen molar-refractivity contribution >= 4 is 22.4 Å². The fourth-order valence-corrected chi connectivity index (χ4v) is 3.89. The zero-order valence-electron chi connectivity index (χ0n) is 11.5.